The molecule has 0 bridgehead atoms. The van der Waals surface area contributed by atoms with Crippen LogP contribution in [0.4, 0.5) is 11.5 Å². The summed E-state index contributed by atoms with van der Waals surface area (Å²) in [5.74, 6) is 1.15. The molecule has 3 rings (SSSR count). The van der Waals surface area contributed by atoms with Crippen LogP contribution in [-0.2, 0) is 6.42 Å². The van der Waals surface area contributed by atoms with Gasteiger partial charge in [0.1, 0.15) is 5.82 Å². The lowest BCUT2D eigenvalue weighted by molar-refractivity contribution is 0.0979. The molecule has 0 saturated heterocycles. The first-order valence-corrected chi connectivity index (χ1v) is 8.12. The number of aromatic nitrogens is 2. The summed E-state index contributed by atoms with van der Waals surface area (Å²) in [6.45, 7) is 5.82. The number of para-hydroxylation sites is 1. The molecule has 0 saturated carbocycles. The molecule has 120 valence electrons. The fourth-order valence-corrected chi connectivity index (χ4v) is 2.73. The van der Waals surface area contributed by atoms with E-state index in [1.54, 1.807) is 6.07 Å². The SMILES string of the molecule is CC(C)CNc1ccc(C(=O)N2CCCc3ccccc32)nn1. The zero-order valence-electron chi connectivity index (χ0n) is 13.6. The van der Waals surface area contributed by atoms with Crippen molar-refractivity contribution in [2.75, 3.05) is 23.3 Å². The molecule has 5 heteroatoms. The zero-order valence-corrected chi connectivity index (χ0v) is 13.6. The summed E-state index contributed by atoms with van der Waals surface area (Å²) < 4.78 is 0. The monoisotopic (exact) mass is 310 g/mol. The van der Waals surface area contributed by atoms with E-state index >= 15 is 0 Å². The normalized spacial score (nSPS) is 13.8. The molecule has 5 nitrogen and oxygen atoms in total. The highest BCUT2D eigenvalue weighted by molar-refractivity contribution is 6.05. The van der Waals surface area contributed by atoms with Crippen molar-refractivity contribution >= 4 is 17.4 Å². The average molecular weight is 310 g/mol. The Balaban J connectivity index is 1.76. The van der Waals surface area contributed by atoms with Crippen LogP contribution in [0.1, 0.15) is 36.3 Å². The van der Waals surface area contributed by atoms with E-state index in [0.717, 1.165) is 31.6 Å². The number of anilines is 2. The average Bonchev–Trinajstić information content (AvgIpc) is 2.59. The summed E-state index contributed by atoms with van der Waals surface area (Å²) in [6, 6.07) is 11.6. The molecule has 23 heavy (non-hydrogen) atoms. The van der Waals surface area contributed by atoms with Gasteiger partial charge in [0.05, 0.1) is 0 Å². The number of benzene rings is 1. The number of rotatable bonds is 4. The van der Waals surface area contributed by atoms with Crippen molar-refractivity contribution in [2.45, 2.75) is 26.7 Å². The minimum atomic E-state index is -0.0833. The lowest BCUT2D eigenvalue weighted by Crippen LogP contribution is -2.36. The minimum Gasteiger partial charge on any atom is -0.368 e. The van der Waals surface area contributed by atoms with Crippen molar-refractivity contribution in [3.63, 3.8) is 0 Å². The topological polar surface area (TPSA) is 58.1 Å². The smallest absolute Gasteiger partial charge is 0.278 e. The number of nitrogens with one attached hydrogen (secondary N) is 1. The summed E-state index contributed by atoms with van der Waals surface area (Å²) in [4.78, 5) is 14.6. The van der Waals surface area contributed by atoms with Gasteiger partial charge in [-0.1, -0.05) is 32.0 Å². The Hall–Kier alpha value is -2.43. The van der Waals surface area contributed by atoms with Gasteiger partial charge in [0.2, 0.25) is 0 Å². The molecule has 0 radical (unpaired) electrons. The molecule has 1 amide bonds. The van der Waals surface area contributed by atoms with Crippen molar-refractivity contribution in [1.82, 2.24) is 10.2 Å². The number of carbonyl (C=O) groups excluding carboxylic acids is 1. The van der Waals surface area contributed by atoms with Crippen LogP contribution in [0.3, 0.4) is 0 Å². The molecule has 1 aliphatic rings. The van der Waals surface area contributed by atoms with Crippen LogP contribution in [0.2, 0.25) is 0 Å². The quantitative estimate of drug-likeness (QED) is 0.942. The van der Waals surface area contributed by atoms with Gasteiger partial charge in [-0.2, -0.15) is 0 Å². The third-order valence-electron chi connectivity index (χ3n) is 3.93. The second kappa shape index (κ2) is 6.77. The fourth-order valence-electron chi connectivity index (χ4n) is 2.73. The van der Waals surface area contributed by atoms with Gasteiger partial charge in [-0.25, -0.2) is 0 Å². The maximum absolute atomic E-state index is 12.7. The molecule has 0 fully saturated rings. The van der Waals surface area contributed by atoms with Crippen molar-refractivity contribution < 1.29 is 4.79 Å². The van der Waals surface area contributed by atoms with Gasteiger partial charge in [-0.3, -0.25) is 4.79 Å². The van der Waals surface area contributed by atoms with Gasteiger partial charge in [0.25, 0.3) is 5.91 Å². The van der Waals surface area contributed by atoms with Gasteiger partial charge in [0, 0.05) is 18.8 Å². The Morgan fingerprint density at radius 2 is 2.04 bits per heavy atom. The van der Waals surface area contributed by atoms with Gasteiger partial charge in [-0.05, 0) is 42.5 Å². The molecule has 1 aromatic carbocycles. The van der Waals surface area contributed by atoms with Crippen molar-refractivity contribution in [3.05, 3.63) is 47.7 Å². The summed E-state index contributed by atoms with van der Waals surface area (Å²) in [7, 11) is 0. The molecule has 0 unspecified atom stereocenters. The number of carbonyl (C=O) groups is 1. The van der Waals surface area contributed by atoms with Crippen LogP contribution in [0.5, 0.6) is 0 Å². The lowest BCUT2D eigenvalue weighted by Gasteiger charge is -2.29. The van der Waals surface area contributed by atoms with E-state index < -0.39 is 0 Å². The predicted octanol–water partition coefficient (Wildman–Crippen LogP) is 3.14. The molecule has 1 aliphatic heterocycles. The van der Waals surface area contributed by atoms with Crippen LogP contribution in [0, 0.1) is 5.92 Å². The largest absolute Gasteiger partial charge is 0.368 e. The number of nitrogens with zero attached hydrogens (tertiary/aromatic N) is 3. The summed E-state index contributed by atoms with van der Waals surface area (Å²) >= 11 is 0. The van der Waals surface area contributed by atoms with Crippen LogP contribution >= 0.6 is 0 Å². The van der Waals surface area contributed by atoms with Gasteiger partial charge >= 0.3 is 0 Å². The van der Waals surface area contributed by atoms with Crippen molar-refractivity contribution in [3.8, 4) is 0 Å². The lowest BCUT2D eigenvalue weighted by atomic mass is 10.0. The van der Waals surface area contributed by atoms with Gasteiger partial charge in [-0.15, -0.1) is 10.2 Å². The zero-order chi connectivity index (χ0) is 16.2. The molecular weight excluding hydrogens is 288 g/mol. The van der Waals surface area contributed by atoms with Gasteiger partial charge < -0.3 is 10.2 Å². The van der Waals surface area contributed by atoms with Crippen LogP contribution in [0.25, 0.3) is 0 Å². The van der Waals surface area contributed by atoms with Crippen molar-refractivity contribution in [1.29, 1.82) is 0 Å². The Morgan fingerprint density at radius 3 is 2.78 bits per heavy atom. The Bertz CT molecular complexity index is 682. The Morgan fingerprint density at radius 1 is 1.22 bits per heavy atom. The minimum absolute atomic E-state index is 0.0833. The first-order chi connectivity index (χ1) is 11.1. The van der Waals surface area contributed by atoms with Crippen molar-refractivity contribution in [2.24, 2.45) is 5.92 Å². The predicted molar refractivity (Wildman–Crippen MR) is 91.8 cm³/mol. The summed E-state index contributed by atoms with van der Waals surface area (Å²) in [5.41, 5.74) is 2.60. The first-order valence-electron chi connectivity index (χ1n) is 8.12. The van der Waals surface area contributed by atoms with E-state index in [1.807, 2.05) is 29.2 Å². The molecule has 0 spiro atoms. The molecule has 1 aromatic heterocycles. The van der Waals surface area contributed by atoms with Gasteiger partial charge in [0.15, 0.2) is 5.69 Å². The van der Waals surface area contributed by atoms with E-state index in [0.29, 0.717) is 17.4 Å². The van der Waals surface area contributed by atoms with E-state index in [9.17, 15) is 4.79 Å². The number of fused-ring (bicyclic) bond motifs is 1. The second-order valence-corrected chi connectivity index (χ2v) is 6.27. The number of aryl methyl sites for hydroxylation is 1. The van der Waals surface area contributed by atoms with E-state index in [4.69, 9.17) is 0 Å². The highest BCUT2D eigenvalue weighted by Gasteiger charge is 2.24. The third-order valence-corrected chi connectivity index (χ3v) is 3.93. The Kier molecular flexibility index (Phi) is 4.55. The first kappa shape index (κ1) is 15.5. The Labute approximate surface area is 136 Å². The maximum atomic E-state index is 12.7. The number of amides is 1. The molecule has 2 aromatic rings. The van der Waals surface area contributed by atoms with Crippen LogP contribution in [-0.4, -0.2) is 29.2 Å². The van der Waals surface area contributed by atoms with Crippen LogP contribution < -0.4 is 10.2 Å². The number of hydrogen-bond donors (Lipinski definition) is 1. The second-order valence-electron chi connectivity index (χ2n) is 6.27. The molecule has 2 heterocycles. The highest BCUT2D eigenvalue weighted by Crippen LogP contribution is 2.27. The van der Waals surface area contributed by atoms with E-state index in [2.05, 4.69) is 35.4 Å². The molecule has 0 aliphatic carbocycles. The molecular formula is C18H22N4O. The standard InChI is InChI=1S/C18H22N4O/c1-13(2)12-19-17-10-9-15(20-21-17)18(23)22-11-5-7-14-6-3-4-8-16(14)22/h3-4,6,8-10,13H,5,7,11-12H2,1-2H3,(H,19,21). The fraction of sp³-hybridized carbons (Fsp3) is 0.389. The highest BCUT2D eigenvalue weighted by atomic mass is 16.2. The molecule has 0 atom stereocenters. The summed E-state index contributed by atoms with van der Waals surface area (Å²) in [6.07, 6.45) is 1.99. The van der Waals surface area contributed by atoms with E-state index in [1.165, 1.54) is 5.56 Å². The molecule has 1 N–H and O–H groups in total. The number of hydrogen-bond acceptors (Lipinski definition) is 4. The maximum Gasteiger partial charge on any atom is 0.278 e. The van der Waals surface area contributed by atoms with E-state index in [-0.39, 0.29) is 5.91 Å². The third kappa shape index (κ3) is 3.50. The van der Waals surface area contributed by atoms with Crippen LogP contribution in [0.15, 0.2) is 36.4 Å². The summed E-state index contributed by atoms with van der Waals surface area (Å²) in [5, 5.41) is 11.4.